The van der Waals surface area contributed by atoms with Gasteiger partial charge in [-0.2, -0.15) is 4.98 Å². The van der Waals surface area contributed by atoms with E-state index in [9.17, 15) is 0 Å². The second-order valence-electron chi connectivity index (χ2n) is 6.42. The van der Waals surface area contributed by atoms with Gasteiger partial charge in [0.1, 0.15) is 11.5 Å². The van der Waals surface area contributed by atoms with Gasteiger partial charge in [-0.25, -0.2) is 0 Å². The molecule has 0 fully saturated rings. The third-order valence-corrected chi connectivity index (χ3v) is 4.58. The summed E-state index contributed by atoms with van der Waals surface area (Å²) >= 11 is 0. The van der Waals surface area contributed by atoms with Crippen LogP contribution in [0, 0.1) is 0 Å². The second-order valence-corrected chi connectivity index (χ2v) is 6.42. The summed E-state index contributed by atoms with van der Waals surface area (Å²) < 4.78 is 7.44. The molecule has 1 aromatic heterocycles. The number of aryl methyl sites for hydroxylation is 1. The second kappa shape index (κ2) is 9.03. The number of rotatable bonds is 8. The molecular formula is C22H25N3O2. The van der Waals surface area contributed by atoms with Crippen LogP contribution < -0.4 is 4.74 Å². The van der Waals surface area contributed by atoms with Gasteiger partial charge in [0.2, 0.25) is 5.88 Å². The SMILES string of the molecule is CCCCc1nc(OC)c(C=NO)n1Cc1ccc(-c2ccccc2)cc1. The van der Waals surface area contributed by atoms with E-state index < -0.39 is 0 Å². The molecule has 1 N–H and O–H groups in total. The molecule has 0 aliphatic carbocycles. The molecule has 0 aliphatic heterocycles. The lowest BCUT2D eigenvalue weighted by atomic mass is 10.0. The zero-order chi connectivity index (χ0) is 19.1. The van der Waals surface area contributed by atoms with Crippen molar-refractivity contribution in [1.82, 2.24) is 9.55 Å². The fourth-order valence-corrected chi connectivity index (χ4v) is 3.14. The highest BCUT2D eigenvalue weighted by Gasteiger charge is 2.17. The van der Waals surface area contributed by atoms with E-state index in [1.807, 2.05) is 18.2 Å². The molecule has 0 unspecified atom stereocenters. The summed E-state index contributed by atoms with van der Waals surface area (Å²) in [6.07, 6.45) is 4.38. The Bertz CT molecular complexity index is 884. The summed E-state index contributed by atoms with van der Waals surface area (Å²) in [5.74, 6) is 1.43. The van der Waals surface area contributed by atoms with Crippen LogP contribution in [-0.4, -0.2) is 28.1 Å². The van der Waals surface area contributed by atoms with Crippen LogP contribution in [0.3, 0.4) is 0 Å². The Balaban J connectivity index is 1.90. The fourth-order valence-electron chi connectivity index (χ4n) is 3.14. The van der Waals surface area contributed by atoms with Crippen molar-refractivity contribution in [2.75, 3.05) is 7.11 Å². The van der Waals surface area contributed by atoms with Crippen molar-refractivity contribution in [2.45, 2.75) is 32.7 Å². The first-order valence-corrected chi connectivity index (χ1v) is 9.22. The summed E-state index contributed by atoms with van der Waals surface area (Å²) in [5, 5.41) is 12.2. The van der Waals surface area contributed by atoms with Gasteiger partial charge in [0.25, 0.3) is 0 Å². The fraction of sp³-hybridized carbons (Fsp3) is 0.273. The van der Waals surface area contributed by atoms with Crippen LogP contribution in [0.5, 0.6) is 5.88 Å². The number of benzene rings is 2. The Labute approximate surface area is 159 Å². The van der Waals surface area contributed by atoms with Gasteiger partial charge in [-0.3, -0.25) is 0 Å². The molecule has 3 rings (SSSR count). The normalized spacial score (nSPS) is 11.2. The highest BCUT2D eigenvalue weighted by Crippen LogP contribution is 2.23. The molecular weight excluding hydrogens is 338 g/mol. The highest BCUT2D eigenvalue weighted by molar-refractivity contribution is 5.80. The van der Waals surface area contributed by atoms with Crippen molar-refractivity contribution >= 4 is 6.21 Å². The quantitative estimate of drug-likeness (QED) is 0.357. The number of oxime groups is 1. The van der Waals surface area contributed by atoms with Crippen LogP contribution in [0.1, 0.15) is 36.8 Å². The summed E-state index contributed by atoms with van der Waals surface area (Å²) in [6.45, 7) is 2.80. The molecule has 0 spiro atoms. The number of hydrogen-bond acceptors (Lipinski definition) is 4. The minimum Gasteiger partial charge on any atom is -0.479 e. The van der Waals surface area contributed by atoms with Gasteiger partial charge in [0.15, 0.2) is 0 Å². The number of imidazole rings is 1. The first kappa shape index (κ1) is 18.7. The smallest absolute Gasteiger partial charge is 0.241 e. The summed E-state index contributed by atoms with van der Waals surface area (Å²) in [5.41, 5.74) is 4.22. The van der Waals surface area contributed by atoms with E-state index in [1.54, 1.807) is 7.11 Å². The third kappa shape index (κ3) is 4.37. The van der Waals surface area contributed by atoms with Gasteiger partial charge >= 0.3 is 0 Å². The average Bonchev–Trinajstić information content (AvgIpc) is 3.04. The standard InChI is InChI=1S/C22H25N3O2/c1-3-4-10-21-24-22(27-2)20(15-23-26)25(21)16-17-11-13-19(14-12-17)18-8-6-5-7-9-18/h5-9,11-15,26H,3-4,10,16H2,1-2H3. The van der Waals surface area contributed by atoms with Crippen molar-refractivity contribution in [3.8, 4) is 17.0 Å². The monoisotopic (exact) mass is 363 g/mol. The maximum absolute atomic E-state index is 9.05. The zero-order valence-electron chi connectivity index (χ0n) is 15.8. The van der Waals surface area contributed by atoms with Crippen molar-refractivity contribution in [3.05, 3.63) is 71.7 Å². The number of unbranched alkanes of at least 4 members (excludes halogenated alkanes) is 1. The first-order chi connectivity index (χ1) is 13.3. The van der Waals surface area contributed by atoms with Crippen LogP contribution in [0.2, 0.25) is 0 Å². The molecule has 0 amide bonds. The molecule has 27 heavy (non-hydrogen) atoms. The van der Waals surface area contributed by atoms with Crippen molar-refractivity contribution in [3.63, 3.8) is 0 Å². The van der Waals surface area contributed by atoms with Crippen molar-refractivity contribution in [1.29, 1.82) is 0 Å². The van der Waals surface area contributed by atoms with Gasteiger partial charge in [0, 0.05) is 13.0 Å². The van der Waals surface area contributed by atoms with Gasteiger partial charge in [-0.15, -0.1) is 0 Å². The Hall–Kier alpha value is -3.08. The zero-order valence-corrected chi connectivity index (χ0v) is 15.8. The lowest BCUT2D eigenvalue weighted by Gasteiger charge is -2.11. The molecule has 5 nitrogen and oxygen atoms in total. The lowest BCUT2D eigenvalue weighted by Crippen LogP contribution is -2.09. The van der Waals surface area contributed by atoms with Crippen molar-refractivity contribution in [2.24, 2.45) is 5.16 Å². The van der Waals surface area contributed by atoms with Crippen LogP contribution in [-0.2, 0) is 13.0 Å². The minimum absolute atomic E-state index is 0.486. The van der Waals surface area contributed by atoms with E-state index in [1.165, 1.54) is 17.3 Å². The van der Waals surface area contributed by atoms with Gasteiger partial charge in [-0.05, 0) is 23.1 Å². The summed E-state index contributed by atoms with van der Waals surface area (Å²) in [6, 6.07) is 18.8. The molecule has 0 saturated heterocycles. The predicted molar refractivity (Wildman–Crippen MR) is 108 cm³/mol. The number of nitrogens with zero attached hydrogens (tertiary/aromatic N) is 3. The minimum atomic E-state index is 0.486. The highest BCUT2D eigenvalue weighted by atomic mass is 16.5. The Morgan fingerprint density at radius 2 is 1.78 bits per heavy atom. The predicted octanol–water partition coefficient (Wildman–Crippen LogP) is 4.76. The van der Waals surface area contributed by atoms with Crippen LogP contribution in [0.25, 0.3) is 11.1 Å². The number of aromatic nitrogens is 2. The largest absolute Gasteiger partial charge is 0.479 e. The van der Waals surface area contributed by atoms with Crippen molar-refractivity contribution < 1.29 is 9.94 Å². The van der Waals surface area contributed by atoms with Crippen LogP contribution in [0.15, 0.2) is 59.8 Å². The third-order valence-electron chi connectivity index (χ3n) is 4.58. The molecule has 0 aliphatic rings. The number of hydrogen-bond donors (Lipinski definition) is 1. The lowest BCUT2D eigenvalue weighted by molar-refractivity contribution is 0.321. The molecule has 0 atom stereocenters. The number of methoxy groups -OCH3 is 1. The first-order valence-electron chi connectivity index (χ1n) is 9.22. The maximum atomic E-state index is 9.05. The van der Waals surface area contributed by atoms with E-state index in [-0.39, 0.29) is 0 Å². The summed E-state index contributed by atoms with van der Waals surface area (Å²) in [4.78, 5) is 4.58. The van der Waals surface area contributed by atoms with Crippen LogP contribution >= 0.6 is 0 Å². The van der Waals surface area contributed by atoms with Gasteiger partial charge in [0.05, 0.1) is 13.3 Å². The van der Waals surface area contributed by atoms with E-state index in [0.29, 0.717) is 18.1 Å². The van der Waals surface area contributed by atoms with E-state index >= 15 is 0 Å². The Morgan fingerprint density at radius 3 is 2.41 bits per heavy atom. The van der Waals surface area contributed by atoms with Gasteiger partial charge in [-0.1, -0.05) is 73.1 Å². The Kier molecular flexibility index (Phi) is 6.26. The van der Waals surface area contributed by atoms with E-state index in [4.69, 9.17) is 9.94 Å². The molecule has 140 valence electrons. The Morgan fingerprint density at radius 1 is 1.07 bits per heavy atom. The van der Waals surface area contributed by atoms with E-state index in [0.717, 1.165) is 30.7 Å². The maximum Gasteiger partial charge on any atom is 0.241 e. The number of ether oxygens (including phenoxy) is 1. The molecule has 2 aromatic carbocycles. The topological polar surface area (TPSA) is 59.6 Å². The molecule has 3 aromatic rings. The molecule has 0 saturated carbocycles. The molecule has 0 bridgehead atoms. The molecule has 1 heterocycles. The van der Waals surface area contributed by atoms with Gasteiger partial charge < -0.3 is 14.5 Å². The van der Waals surface area contributed by atoms with E-state index in [2.05, 4.69) is 58.0 Å². The molecule has 5 heteroatoms. The average molecular weight is 363 g/mol. The van der Waals surface area contributed by atoms with Crippen LogP contribution in [0.4, 0.5) is 0 Å². The molecule has 0 radical (unpaired) electrons. The summed E-state index contributed by atoms with van der Waals surface area (Å²) in [7, 11) is 1.58.